The molecule has 1 saturated heterocycles. The molecule has 0 amide bonds. The Kier molecular flexibility index (Phi) is 3.41. The molecule has 1 aliphatic heterocycles. The standard InChI is InChI=1S/C15H28N2O/c16-9-7-14(5-6-14)12-17-10-8-15(18)4-2-1-3-13(15)11-17/h13,18H,1-12,16H2. The van der Waals surface area contributed by atoms with E-state index in [9.17, 15) is 5.11 Å². The lowest BCUT2D eigenvalue weighted by atomic mass is 9.71. The van der Waals surface area contributed by atoms with Crippen molar-refractivity contribution < 1.29 is 5.11 Å². The van der Waals surface area contributed by atoms with Gasteiger partial charge in [-0.3, -0.25) is 0 Å². The van der Waals surface area contributed by atoms with E-state index in [0.717, 1.165) is 32.5 Å². The lowest BCUT2D eigenvalue weighted by Gasteiger charge is -2.48. The molecule has 0 aromatic rings. The highest BCUT2D eigenvalue weighted by molar-refractivity contribution is 5.00. The molecule has 104 valence electrons. The van der Waals surface area contributed by atoms with Gasteiger partial charge in [0.15, 0.2) is 0 Å². The number of nitrogens with two attached hydrogens (primary N) is 1. The Hall–Kier alpha value is -0.120. The summed E-state index contributed by atoms with van der Waals surface area (Å²) in [5.74, 6) is 0.536. The summed E-state index contributed by atoms with van der Waals surface area (Å²) in [6, 6.07) is 0. The van der Waals surface area contributed by atoms with Crippen LogP contribution in [0.3, 0.4) is 0 Å². The van der Waals surface area contributed by atoms with Gasteiger partial charge in [-0.2, -0.15) is 0 Å². The van der Waals surface area contributed by atoms with E-state index in [-0.39, 0.29) is 5.60 Å². The van der Waals surface area contributed by atoms with Gasteiger partial charge in [-0.05, 0) is 50.5 Å². The van der Waals surface area contributed by atoms with Crippen LogP contribution < -0.4 is 5.73 Å². The highest BCUT2D eigenvalue weighted by atomic mass is 16.3. The molecule has 0 spiro atoms. The monoisotopic (exact) mass is 252 g/mol. The van der Waals surface area contributed by atoms with E-state index in [2.05, 4.69) is 4.90 Å². The van der Waals surface area contributed by atoms with Gasteiger partial charge in [-0.25, -0.2) is 0 Å². The molecule has 3 nitrogen and oxygen atoms in total. The molecular formula is C15H28N2O. The highest BCUT2D eigenvalue weighted by Gasteiger charge is 2.47. The van der Waals surface area contributed by atoms with Crippen molar-refractivity contribution in [1.82, 2.24) is 4.90 Å². The van der Waals surface area contributed by atoms with Gasteiger partial charge >= 0.3 is 0 Å². The maximum atomic E-state index is 10.7. The molecule has 2 unspecified atom stereocenters. The van der Waals surface area contributed by atoms with Crippen LogP contribution in [0.15, 0.2) is 0 Å². The van der Waals surface area contributed by atoms with E-state index >= 15 is 0 Å². The van der Waals surface area contributed by atoms with E-state index in [1.807, 2.05) is 0 Å². The van der Waals surface area contributed by atoms with Crippen LogP contribution in [0, 0.1) is 11.3 Å². The van der Waals surface area contributed by atoms with E-state index in [1.165, 1.54) is 45.1 Å². The number of aliphatic hydroxyl groups is 1. The zero-order chi connectivity index (χ0) is 12.6. The average Bonchev–Trinajstić information content (AvgIpc) is 3.10. The second-order valence-corrected chi connectivity index (χ2v) is 7.07. The zero-order valence-electron chi connectivity index (χ0n) is 11.5. The van der Waals surface area contributed by atoms with Crippen molar-refractivity contribution in [3.8, 4) is 0 Å². The van der Waals surface area contributed by atoms with Crippen molar-refractivity contribution in [2.24, 2.45) is 17.1 Å². The first-order valence-corrected chi connectivity index (χ1v) is 7.81. The average molecular weight is 252 g/mol. The summed E-state index contributed by atoms with van der Waals surface area (Å²) in [6.45, 7) is 4.29. The fourth-order valence-electron chi connectivity index (χ4n) is 4.23. The van der Waals surface area contributed by atoms with Crippen molar-refractivity contribution >= 4 is 0 Å². The Bertz CT molecular complexity index is 303. The molecule has 3 N–H and O–H groups in total. The lowest BCUT2D eigenvalue weighted by molar-refractivity contribution is -0.0979. The third kappa shape index (κ3) is 2.45. The van der Waals surface area contributed by atoms with Crippen molar-refractivity contribution in [1.29, 1.82) is 0 Å². The van der Waals surface area contributed by atoms with Gasteiger partial charge in [0.05, 0.1) is 5.60 Å². The summed E-state index contributed by atoms with van der Waals surface area (Å²) in [6.07, 6.45) is 9.75. The Labute approximate surface area is 111 Å². The molecule has 2 aliphatic carbocycles. The number of hydrogen-bond donors (Lipinski definition) is 2. The third-order valence-corrected chi connectivity index (χ3v) is 5.70. The largest absolute Gasteiger partial charge is 0.390 e. The quantitative estimate of drug-likeness (QED) is 0.801. The maximum Gasteiger partial charge on any atom is 0.0700 e. The summed E-state index contributed by atoms with van der Waals surface area (Å²) < 4.78 is 0. The normalized spacial score (nSPS) is 39.3. The van der Waals surface area contributed by atoms with Crippen LogP contribution in [0.1, 0.15) is 51.4 Å². The van der Waals surface area contributed by atoms with Crippen molar-refractivity contribution in [2.75, 3.05) is 26.2 Å². The SMILES string of the molecule is NCCC1(CN2CCC3(O)CCCCC3C2)CC1. The van der Waals surface area contributed by atoms with E-state index < -0.39 is 0 Å². The van der Waals surface area contributed by atoms with Crippen LogP contribution in [0.25, 0.3) is 0 Å². The molecule has 2 atom stereocenters. The molecule has 0 radical (unpaired) electrons. The molecule has 2 saturated carbocycles. The van der Waals surface area contributed by atoms with E-state index in [1.54, 1.807) is 0 Å². The van der Waals surface area contributed by atoms with Crippen LogP contribution in [0.5, 0.6) is 0 Å². The summed E-state index contributed by atoms with van der Waals surface area (Å²) in [5, 5.41) is 10.7. The van der Waals surface area contributed by atoms with Gasteiger partial charge in [0, 0.05) is 25.6 Å². The van der Waals surface area contributed by atoms with Gasteiger partial charge in [-0.1, -0.05) is 12.8 Å². The molecule has 3 fully saturated rings. The Morgan fingerprint density at radius 1 is 1.17 bits per heavy atom. The van der Waals surface area contributed by atoms with Crippen molar-refractivity contribution in [2.45, 2.75) is 57.0 Å². The van der Waals surface area contributed by atoms with Crippen LogP contribution in [0.4, 0.5) is 0 Å². The fraction of sp³-hybridized carbons (Fsp3) is 1.00. The predicted molar refractivity (Wildman–Crippen MR) is 73.3 cm³/mol. The Morgan fingerprint density at radius 2 is 2.00 bits per heavy atom. The first kappa shape index (κ1) is 12.9. The van der Waals surface area contributed by atoms with E-state index in [0.29, 0.717) is 11.3 Å². The molecule has 3 aliphatic rings. The lowest BCUT2D eigenvalue weighted by Crippen LogP contribution is -2.54. The molecule has 0 aromatic heterocycles. The topological polar surface area (TPSA) is 49.5 Å². The second kappa shape index (κ2) is 4.77. The Morgan fingerprint density at radius 3 is 2.72 bits per heavy atom. The molecule has 0 bridgehead atoms. The summed E-state index contributed by atoms with van der Waals surface area (Å²) in [5.41, 5.74) is 5.96. The third-order valence-electron chi connectivity index (χ3n) is 5.70. The first-order valence-electron chi connectivity index (χ1n) is 7.81. The van der Waals surface area contributed by atoms with Gasteiger partial charge in [0.25, 0.3) is 0 Å². The molecule has 0 aromatic carbocycles. The van der Waals surface area contributed by atoms with Gasteiger partial charge < -0.3 is 15.7 Å². The molecule has 1 heterocycles. The summed E-state index contributed by atoms with van der Waals surface area (Å²) in [7, 11) is 0. The fourth-order valence-corrected chi connectivity index (χ4v) is 4.23. The second-order valence-electron chi connectivity index (χ2n) is 7.07. The summed E-state index contributed by atoms with van der Waals surface area (Å²) in [4.78, 5) is 2.62. The van der Waals surface area contributed by atoms with Crippen LogP contribution in [0.2, 0.25) is 0 Å². The highest BCUT2D eigenvalue weighted by Crippen LogP contribution is 2.50. The van der Waals surface area contributed by atoms with Crippen LogP contribution >= 0.6 is 0 Å². The van der Waals surface area contributed by atoms with Gasteiger partial charge in [0.1, 0.15) is 0 Å². The van der Waals surface area contributed by atoms with Crippen LogP contribution in [-0.2, 0) is 0 Å². The predicted octanol–water partition coefficient (Wildman–Crippen LogP) is 1.74. The molecule has 3 heteroatoms. The van der Waals surface area contributed by atoms with Crippen molar-refractivity contribution in [3.05, 3.63) is 0 Å². The number of fused-ring (bicyclic) bond motifs is 1. The maximum absolute atomic E-state index is 10.7. The molecular weight excluding hydrogens is 224 g/mol. The number of rotatable bonds is 4. The van der Waals surface area contributed by atoms with Crippen LogP contribution in [-0.4, -0.2) is 41.8 Å². The van der Waals surface area contributed by atoms with Crippen molar-refractivity contribution in [3.63, 3.8) is 0 Å². The summed E-state index contributed by atoms with van der Waals surface area (Å²) >= 11 is 0. The minimum absolute atomic E-state index is 0.320. The van der Waals surface area contributed by atoms with E-state index in [4.69, 9.17) is 5.73 Å². The minimum atomic E-state index is -0.320. The minimum Gasteiger partial charge on any atom is -0.390 e. The zero-order valence-corrected chi connectivity index (χ0v) is 11.5. The van der Waals surface area contributed by atoms with Gasteiger partial charge in [0.2, 0.25) is 0 Å². The number of piperidine rings is 1. The van der Waals surface area contributed by atoms with Gasteiger partial charge in [-0.15, -0.1) is 0 Å². The first-order chi connectivity index (χ1) is 8.66. The molecule has 18 heavy (non-hydrogen) atoms. The number of nitrogens with zero attached hydrogens (tertiary/aromatic N) is 1. The number of likely N-dealkylation sites (tertiary alicyclic amines) is 1. The smallest absolute Gasteiger partial charge is 0.0700 e. The number of hydrogen-bond acceptors (Lipinski definition) is 3. The Balaban J connectivity index is 1.57. The molecule has 3 rings (SSSR count).